The predicted octanol–water partition coefficient (Wildman–Crippen LogP) is 4.29. The average Bonchev–Trinajstić information content (AvgIpc) is 2.91. The molecule has 20 heavy (non-hydrogen) atoms. The average molecular weight is 266 g/mol. The van der Waals surface area contributed by atoms with Gasteiger partial charge < -0.3 is 9.52 Å². The van der Waals surface area contributed by atoms with Crippen molar-refractivity contribution in [1.82, 2.24) is 0 Å². The van der Waals surface area contributed by atoms with Gasteiger partial charge in [0.15, 0.2) is 0 Å². The Morgan fingerprint density at radius 3 is 2.55 bits per heavy atom. The summed E-state index contributed by atoms with van der Waals surface area (Å²) in [6, 6.07) is 15.6. The van der Waals surface area contributed by atoms with Crippen molar-refractivity contribution in [2.45, 2.75) is 12.8 Å². The van der Waals surface area contributed by atoms with Crippen LogP contribution in [0.5, 0.6) is 0 Å². The first-order chi connectivity index (χ1) is 9.68. The molecule has 1 aromatic heterocycles. The molecule has 100 valence electrons. The lowest BCUT2D eigenvalue weighted by atomic mass is 9.97. The zero-order valence-electron chi connectivity index (χ0n) is 11.0. The highest BCUT2D eigenvalue weighted by Crippen LogP contribution is 2.34. The molecule has 1 N–H and O–H groups in total. The van der Waals surface area contributed by atoms with Gasteiger partial charge >= 0.3 is 5.97 Å². The van der Waals surface area contributed by atoms with Crippen molar-refractivity contribution in [3.05, 3.63) is 60.4 Å². The van der Waals surface area contributed by atoms with E-state index in [4.69, 9.17) is 4.42 Å². The third-order valence-corrected chi connectivity index (χ3v) is 3.55. The van der Waals surface area contributed by atoms with Gasteiger partial charge in [-0.1, -0.05) is 48.5 Å². The van der Waals surface area contributed by atoms with E-state index in [1.807, 2.05) is 42.5 Å². The molecule has 0 radical (unpaired) electrons. The molecule has 0 amide bonds. The van der Waals surface area contributed by atoms with Crippen molar-refractivity contribution in [2.24, 2.45) is 0 Å². The summed E-state index contributed by atoms with van der Waals surface area (Å²) in [5.41, 5.74) is 3.41. The predicted molar refractivity (Wildman–Crippen MR) is 77.7 cm³/mol. The van der Waals surface area contributed by atoms with E-state index in [9.17, 15) is 9.90 Å². The minimum atomic E-state index is -0.852. The molecular formula is C17H14O3. The molecule has 3 rings (SSSR count). The zero-order chi connectivity index (χ0) is 14.1. The molecule has 0 spiro atoms. The first-order valence-electron chi connectivity index (χ1n) is 6.47. The summed E-state index contributed by atoms with van der Waals surface area (Å²) >= 11 is 0. The number of hydrogen-bond donors (Lipinski definition) is 1. The summed E-state index contributed by atoms with van der Waals surface area (Å²) in [5, 5.41) is 10.1. The van der Waals surface area contributed by atoms with Crippen LogP contribution in [-0.4, -0.2) is 11.1 Å². The Kier molecular flexibility index (Phi) is 3.03. The van der Waals surface area contributed by atoms with E-state index in [1.54, 1.807) is 19.3 Å². The second-order valence-corrected chi connectivity index (χ2v) is 4.80. The monoisotopic (exact) mass is 266 g/mol. The highest BCUT2D eigenvalue weighted by atomic mass is 16.4. The van der Waals surface area contributed by atoms with Gasteiger partial charge in [0.25, 0.3) is 0 Å². The number of carboxylic acid groups (broad SMARTS) is 1. The number of furan rings is 1. The Bertz CT molecular complexity index is 756. The number of fused-ring (bicyclic) bond motifs is 1. The van der Waals surface area contributed by atoms with Crippen LogP contribution in [0.25, 0.3) is 22.1 Å². The summed E-state index contributed by atoms with van der Waals surface area (Å²) in [6.45, 7) is 1.67. The van der Waals surface area contributed by atoms with Crippen molar-refractivity contribution >= 4 is 16.9 Å². The molecule has 0 saturated carbocycles. The van der Waals surface area contributed by atoms with Gasteiger partial charge in [-0.3, -0.25) is 4.79 Å². The van der Waals surface area contributed by atoms with Gasteiger partial charge in [0.1, 0.15) is 5.58 Å². The van der Waals surface area contributed by atoms with Crippen molar-refractivity contribution < 1.29 is 14.3 Å². The first kappa shape index (κ1) is 12.5. The Hall–Kier alpha value is -2.55. The lowest BCUT2D eigenvalue weighted by molar-refractivity contribution is -0.138. The van der Waals surface area contributed by atoms with Crippen LogP contribution in [0.3, 0.4) is 0 Å². The quantitative estimate of drug-likeness (QED) is 0.769. The molecule has 0 bridgehead atoms. The summed E-state index contributed by atoms with van der Waals surface area (Å²) in [6.07, 6.45) is 1.69. The van der Waals surface area contributed by atoms with E-state index in [0.717, 1.165) is 16.5 Å². The van der Waals surface area contributed by atoms with Crippen LogP contribution >= 0.6 is 0 Å². The lowest BCUT2D eigenvalue weighted by Gasteiger charge is -2.07. The first-order valence-corrected chi connectivity index (χ1v) is 6.47. The van der Waals surface area contributed by atoms with Crippen LogP contribution in [-0.2, 0) is 4.79 Å². The molecular weight excluding hydrogens is 252 g/mol. The fraction of sp³-hybridized carbons (Fsp3) is 0.118. The molecule has 0 unspecified atom stereocenters. The van der Waals surface area contributed by atoms with Crippen molar-refractivity contribution in [3.8, 4) is 11.1 Å². The second-order valence-electron chi connectivity index (χ2n) is 4.80. The highest BCUT2D eigenvalue weighted by Gasteiger charge is 2.19. The summed E-state index contributed by atoms with van der Waals surface area (Å²) in [4.78, 5) is 11.2. The highest BCUT2D eigenvalue weighted by molar-refractivity contribution is 5.97. The number of benzene rings is 2. The molecule has 3 aromatic rings. The normalized spacial score (nSPS) is 12.4. The van der Waals surface area contributed by atoms with Gasteiger partial charge in [0, 0.05) is 16.5 Å². The maximum atomic E-state index is 11.2. The lowest BCUT2D eigenvalue weighted by Crippen LogP contribution is -2.07. The standard InChI is InChI=1S/C17H14O3/c1-11(17(18)19)13-8-5-9-14-15(10-20-16(13)14)12-6-3-2-4-7-12/h2-11H,1H3,(H,18,19)/t11-/m0/s1. The van der Waals surface area contributed by atoms with Crippen molar-refractivity contribution in [3.63, 3.8) is 0 Å². The second kappa shape index (κ2) is 4.85. The zero-order valence-corrected chi connectivity index (χ0v) is 11.0. The van der Waals surface area contributed by atoms with E-state index in [0.29, 0.717) is 11.1 Å². The van der Waals surface area contributed by atoms with Gasteiger partial charge in [-0.05, 0) is 12.5 Å². The van der Waals surface area contributed by atoms with E-state index in [2.05, 4.69) is 0 Å². The van der Waals surface area contributed by atoms with E-state index in [-0.39, 0.29) is 0 Å². The van der Waals surface area contributed by atoms with Crippen LogP contribution in [0, 0.1) is 0 Å². The van der Waals surface area contributed by atoms with Crippen LogP contribution in [0.15, 0.2) is 59.2 Å². The fourth-order valence-corrected chi connectivity index (χ4v) is 2.40. The van der Waals surface area contributed by atoms with Crippen LogP contribution in [0.2, 0.25) is 0 Å². The van der Waals surface area contributed by atoms with Gasteiger partial charge in [-0.25, -0.2) is 0 Å². The van der Waals surface area contributed by atoms with Gasteiger partial charge in [0.2, 0.25) is 0 Å². The van der Waals surface area contributed by atoms with Gasteiger partial charge in [-0.15, -0.1) is 0 Å². The van der Waals surface area contributed by atoms with Crippen LogP contribution < -0.4 is 0 Å². The number of aliphatic carboxylic acids is 1. The minimum absolute atomic E-state index is 0.589. The number of para-hydroxylation sites is 1. The van der Waals surface area contributed by atoms with Gasteiger partial charge in [0.05, 0.1) is 12.2 Å². The Labute approximate surface area is 116 Å². The maximum absolute atomic E-state index is 11.2. The third kappa shape index (κ3) is 1.97. The maximum Gasteiger partial charge on any atom is 0.310 e. The summed E-state index contributed by atoms with van der Waals surface area (Å²) < 4.78 is 5.64. The number of carbonyl (C=O) groups is 1. The molecule has 1 atom stereocenters. The molecule has 3 nitrogen and oxygen atoms in total. The smallest absolute Gasteiger partial charge is 0.310 e. The van der Waals surface area contributed by atoms with E-state index in [1.165, 1.54) is 0 Å². The molecule has 1 heterocycles. The molecule has 0 saturated heterocycles. The minimum Gasteiger partial charge on any atom is -0.481 e. The third-order valence-electron chi connectivity index (χ3n) is 3.55. The Morgan fingerprint density at radius 1 is 1.10 bits per heavy atom. The summed E-state index contributed by atoms with van der Waals surface area (Å²) in [5.74, 6) is -1.44. The Balaban J connectivity index is 2.20. The van der Waals surface area contributed by atoms with Crippen molar-refractivity contribution in [1.29, 1.82) is 0 Å². The number of carboxylic acids is 1. The van der Waals surface area contributed by atoms with E-state index < -0.39 is 11.9 Å². The van der Waals surface area contributed by atoms with Gasteiger partial charge in [-0.2, -0.15) is 0 Å². The summed E-state index contributed by atoms with van der Waals surface area (Å²) in [7, 11) is 0. The molecule has 2 aromatic carbocycles. The SMILES string of the molecule is C[C@H](C(=O)O)c1cccc2c(-c3ccccc3)coc12. The van der Waals surface area contributed by atoms with Crippen LogP contribution in [0.1, 0.15) is 18.4 Å². The number of rotatable bonds is 3. The molecule has 0 aliphatic heterocycles. The Morgan fingerprint density at radius 2 is 1.85 bits per heavy atom. The molecule has 0 fully saturated rings. The largest absolute Gasteiger partial charge is 0.481 e. The molecule has 0 aliphatic carbocycles. The molecule has 3 heteroatoms. The topological polar surface area (TPSA) is 50.4 Å². The van der Waals surface area contributed by atoms with E-state index >= 15 is 0 Å². The molecule has 0 aliphatic rings. The number of hydrogen-bond acceptors (Lipinski definition) is 2. The van der Waals surface area contributed by atoms with Crippen LogP contribution in [0.4, 0.5) is 0 Å². The fourth-order valence-electron chi connectivity index (χ4n) is 2.40. The van der Waals surface area contributed by atoms with Crippen molar-refractivity contribution in [2.75, 3.05) is 0 Å².